The highest BCUT2D eigenvalue weighted by Gasteiger charge is 2.32. The Hall–Kier alpha value is -0.630. The summed E-state index contributed by atoms with van der Waals surface area (Å²) in [6, 6.07) is 0. The average molecular weight is 261 g/mol. The van der Waals surface area contributed by atoms with Gasteiger partial charge in [0.2, 0.25) is 0 Å². The lowest BCUT2D eigenvalue weighted by Gasteiger charge is -2.34. The largest absolute Gasteiger partial charge is 0.387 e. The van der Waals surface area contributed by atoms with Crippen molar-refractivity contribution in [3.63, 3.8) is 0 Å². The summed E-state index contributed by atoms with van der Waals surface area (Å²) >= 11 is 0. The average Bonchev–Trinajstić information content (AvgIpc) is 2.47. The van der Waals surface area contributed by atoms with Crippen LogP contribution < -0.4 is 0 Å². The normalized spacial score (nSPS) is 33.7. The molecule has 0 amide bonds. The minimum absolute atomic E-state index is 0.282. The molecule has 0 aromatic heterocycles. The molecule has 1 N–H and O–H groups in total. The molecule has 0 aromatic carbocycles. The van der Waals surface area contributed by atoms with Crippen LogP contribution in [0.2, 0.25) is 0 Å². The van der Waals surface area contributed by atoms with E-state index in [-0.39, 0.29) is 6.10 Å². The van der Waals surface area contributed by atoms with Gasteiger partial charge in [0.25, 0.3) is 0 Å². The highest BCUT2D eigenvalue weighted by atomic mass is 16.3. The van der Waals surface area contributed by atoms with Crippen molar-refractivity contribution in [1.82, 2.24) is 0 Å². The predicted octanol–water partition coefficient (Wildman–Crippen LogP) is 3.89. The molecule has 106 valence electrons. The smallest absolute Gasteiger partial charge is 0.0986 e. The van der Waals surface area contributed by atoms with Crippen molar-refractivity contribution >= 4 is 5.71 Å². The van der Waals surface area contributed by atoms with Crippen LogP contribution in [0.4, 0.5) is 0 Å². The Morgan fingerprint density at radius 3 is 2.58 bits per heavy atom. The van der Waals surface area contributed by atoms with Crippen molar-refractivity contribution in [1.29, 1.82) is 0 Å². The first-order valence-electron chi connectivity index (χ1n) is 8.19. The third kappa shape index (κ3) is 2.79. The van der Waals surface area contributed by atoms with Crippen LogP contribution in [0, 0.1) is 11.8 Å². The maximum absolute atomic E-state index is 10.8. The van der Waals surface area contributed by atoms with Gasteiger partial charge in [0.15, 0.2) is 0 Å². The van der Waals surface area contributed by atoms with E-state index < -0.39 is 0 Å². The van der Waals surface area contributed by atoms with Gasteiger partial charge in [0.05, 0.1) is 11.8 Å². The van der Waals surface area contributed by atoms with E-state index in [0.717, 1.165) is 31.0 Å². The van der Waals surface area contributed by atoms with Crippen molar-refractivity contribution in [2.24, 2.45) is 16.8 Å². The molecule has 1 fully saturated rings. The molecule has 1 aliphatic heterocycles. The van der Waals surface area contributed by atoms with Crippen LogP contribution in [0.25, 0.3) is 0 Å². The van der Waals surface area contributed by atoms with E-state index in [2.05, 4.69) is 6.92 Å². The van der Waals surface area contributed by atoms with E-state index in [1.165, 1.54) is 50.5 Å². The molecular formula is C17H27NO. The maximum atomic E-state index is 10.8. The summed E-state index contributed by atoms with van der Waals surface area (Å²) in [7, 11) is 0. The number of hydrogen-bond acceptors (Lipinski definition) is 2. The molecule has 2 aliphatic carbocycles. The number of rotatable bonds is 2. The molecular weight excluding hydrogens is 234 g/mol. The molecule has 3 rings (SSSR count). The second kappa shape index (κ2) is 5.78. The van der Waals surface area contributed by atoms with Crippen molar-refractivity contribution < 1.29 is 5.11 Å². The van der Waals surface area contributed by atoms with Gasteiger partial charge >= 0.3 is 0 Å². The van der Waals surface area contributed by atoms with E-state index in [0.29, 0.717) is 5.92 Å². The molecule has 1 atom stereocenters. The zero-order valence-corrected chi connectivity index (χ0v) is 12.2. The van der Waals surface area contributed by atoms with Gasteiger partial charge in [-0.15, -0.1) is 0 Å². The van der Waals surface area contributed by atoms with Gasteiger partial charge in [-0.2, -0.15) is 0 Å². The molecule has 0 spiro atoms. The molecule has 0 radical (unpaired) electrons. The number of aliphatic hydroxyl groups is 1. The number of aliphatic imine (C=N–C) groups is 1. The lowest BCUT2D eigenvalue weighted by atomic mass is 9.75. The van der Waals surface area contributed by atoms with E-state index in [4.69, 9.17) is 4.99 Å². The standard InChI is InChI=1S/C17H27NO/c1-12-6-8-14(9-7-12)17(19)16-15-5-3-2-4-13(15)10-11-18-16/h12,14,17,19H,2-11H2,1H3. The molecule has 1 unspecified atom stereocenters. The Morgan fingerprint density at radius 1 is 1.05 bits per heavy atom. The second-order valence-corrected chi connectivity index (χ2v) is 6.77. The van der Waals surface area contributed by atoms with Crippen LogP contribution in [-0.4, -0.2) is 23.5 Å². The van der Waals surface area contributed by atoms with Gasteiger partial charge in [-0.25, -0.2) is 0 Å². The van der Waals surface area contributed by atoms with Crippen LogP contribution in [-0.2, 0) is 0 Å². The summed E-state index contributed by atoms with van der Waals surface area (Å²) in [5.74, 6) is 1.31. The highest BCUT2D eigenvalue weighted by Crippen LogP contribution is 2.36. The number of dihydropyridines is 1. The molecule has 0 aromatic rings. The van der Waals surface area contributed by atoms with E-state index >= 15 is 0 Å². The van der Waals surface area contributed by atoms with Gasteiger partial charge in [0.1, 0.15) is 0 Å². The maximum Gasteiger partial charge on any atom is 0.0986 e. The quantitative estimate of drug-likeness (QED) is 0.803. The molecule has 1 saturated carbocycles. The summed E-state index contributed by atoms with van der Waals surface area (Å²) in [5, 5.41) is 10.8. The number of nitrogens with zero attached hydrogens (tertiary/aromatic N) is 1. The predicted molar refractivity (Wildman–Crippen MR) is 79.5 cm³/mol. The Bertz CT molecular complexity index is 388. The van der Waals surface area contributed by atoms with Crippen LogP contribution in [0.5, 0.6) is 0 Å². The molecule has 2 heteroatoms. The fourth-order valence-electron chi connectivity index (χ4n) is 4.06. The summed E-state index contributed by atoms with van der Waals surface area (Å²) in [4.78, 5) is 4.72. The fraction of sp³-hybridized carbons (Fsp3) is 0.824. The molecule has 19 heavy (non-hydrogen) atoms. The Kier molecular flexibility index (Phi) is 4.07. The van der Waals surface area contributed by atoms with Gasteiger partial charge in [-0.05, 0) is 62.4 Å². The summed E-state index contributed by atoms with van der Waals surface area (Å²) < 4.78 is 0. The van der Waals surface area contributed by atoms with Crippen molar-refractivity contribution in [3.05, 3.63) is 11.1 Å². The van der Waals surface area contributed by atoms with Crippen molar-refractivity contribution in [2.45, 2.75) is 70.8 Å². The lowest BCUT2D eigenvalue weighted by molar-refractivity contribution is 0.127. The van der Waals surface area contributed by atoms with Crippen molar-refractivity contribution in [2.75, 3.05) is 6.54 Å². The molecule has 1 heterocycles. The van der Waals surface area contributed by atoms with Crippen LogP contribution in [0.1, 0.15) is 64.7 Å². The van der Waals surface area contributed by atoms with Gasteiger partial charge < -0.3 is 5.11 Å². The minimum atomic E-state index is -0.282. The zero-order chi connectivity index (χ0) is 13.2. The van der Waals surface area contributed by atoms with Gasteiger partial charge in [0, 0.05) is 6.54 Å². The first-order chi connectivity index (χ1) is 9.25. The first kappa shape index (κ1) is 13.4. The monoisotopic (exact) mass is 261 g/mol. The number of aliphatic hydroxyl groups excluding tert-OH is 1. The lowest BCUT2D eigenvalue weighted by Crippen LogP contribution is -2.35. The minimum Gasteiger partial charge on any atom is -0.387 e. The SMILES string of the molecule is CC1CCC(C(O)C2=NCCC3=C2CCCC3)CC1. The summed E-state index contributed by atoms with van der Waals surface area (Å²) in [6.45, 7) is 3.25. The molecule has 0 bridgehead atoms. The van der Waals surface area contributed by atoms with Crippen molar-refractivity contribution in [3.8, 4) is 0 Å². The summed E-state index contributed by atoms with van der Waals surface area (Å²) in [5.41, 5.74) is 4.14. The fourth-order valence-corrected chi connectivity index (χ4v) is 4.06. The van der Waals surface area contributed by atoms with Crippen LogP contribution in [0.15, 0.2) is 16.1 Å². The van der Waals surface area contributed by atoms with Gasteiger partial charge in [-0.1, -0.05) is 25.3 Å². The highest BCUT2D eigenvalue weighted by molar-refractivity contribution is 6.04. The second-order valence-electron chi connectivity index (χ2n) is 6.77. The third-order valence-electron chi connectivity index (χ3n) is 5.37. The Balaban J connectivity index is 1.73. The van der Waals surface area contributed by atoms with E-state index in [1.807, 2.05) is 0 Å². The van der Waals surface area contributed by atoms with E-state index in [1.54, 1.807) is 5.57 Å². The molecule has 2 nitrogen and oxygen atoms in total. The molecule has 3 aliphatic rings. The number of hydrogen-bond donors (Lipinski definition) is 1. The van der Waals surface area contributed by atoms with E-state index in [9.17, 15) is 5.11 Å². The van der Waals surface area contributed by atoms with Gasteiger partial charge in [-0.3, -0.25) is 4.99 Å². The Morgan fingerprint density at radius 2 is 1.79 bits per heavy atom. The molecule has 0 saturated heterocycles. The first-order valence-corrected chi connectivity index (χ1v) is 8.19. The summed E-state index contributed by atoms with van der Waals surface area (Å²) in [6.07, 6.45) is 10.8. The zero-order valence-electron chi connectivity index (χ0n) is 12.2. The topological polar surface area (TPSA) is 32.6 Å². The van der Waals surface area contributed by atoms with Crippen LogP contribution >= 0.6 is 0 Å². The third-order valence-corrected chi connectivity index (χ3v) is 5.37. The Labute approximate surface area is 117 Å². The van der Waals surface area contributed by atoms with Crippen LogP contribution in [0.3, 0.4) is 0 Å².